The normalized spacial score (nSPS) is 12.6. The van der Waals surface area contributed by atoms with Gasteiger partial charge in [-0.15, -0.1) is 5.10 Å². The Bertz CT molecular complexity index is 491. The fourth-order valence-corrected chi connectivity index (χ4v) is 2.25. The van der Waals surface area contributed by atoms with Crippen molar-refractivity contribution in [3.63, 3.8) is 0 Å². The van der Waals surface area contributed by atoms with Crippen molar-refractivity contribution >= 4 is 23.1 Å². The Labute approximate surface area is 107 Å². The summed E-state index contributed by atoms with van der Waals surface area (Å²) in [6.07, 6.45) is 2.11. The van der Waals surface area contributed by atoms with Crippen LogP contribution in [0.2, 0.25) is 5.02 Å². The van der Waals surface area contributed by atoms with Crippen molar-refractivity contribution in [2.75, 3.05) is 0 Å². The van der Waals surface area contributed by atoms with Crippen molar-refractivity contribution in [2.45, 2.75) is 12.5 Å². The molecule has 1 atom stereocenters. The highest BCUT2D eigenvalue weighted by atomic mass is 35.5. The summed E-state index contributed by atoms with van der Waals surface area (Å²) in [6, 6.07) is 4.09. The molecule has 0 fully saturated rings. The number of halogens is 2. The maximum absolute atomic E-state index is 13.1. The van der Waals surface area contributed by atoms with Crippen LogP contribution in [0.1, 0.15) is 16.5 Å². The van der Waals surface area contributed by atoms with E-state index in [1.165, 1.54) is 29.7 Å². The zero-order valence-electron chi connectivity index (χ0n) is 8.73. The minimum absolute atomic E-state index is 0.172. The molecule has 0 aliphatic heterocycles. The third kappa shape index (κ3) is 2.98. The molecule has 0 bridgehead atoms. The smallest absolute Gasteiger partial charge is 0.123 e. The molecule has 1 aromatic heterocycles. The molecule has 90 valence electrons. The highest BCUT2D eigenvalue weighted by Gasteiger charge is 2.15. The molecule has 0 saturated heterocycles. The first-order chi connectivity index (χ1) is 8.20. The maximum atomic E-state index is 13.1. The second kappa shape index (κ2) is 5.50. The predicted molar refractivity (Wildman–Crippen MR) is 65.1 cm³/mol. The molecule has 0 saturated carbocycles. The fourth-order valence-electron chi connectivity index (χ4n) is 1.49. The van der Waals surface area contributed by atoms with Crippen LogP contribution in [0.4, 0.5) is 4.39 Å². The largest absolute Gasteiger partial charge is 0.271 e. The summed E-state index contributed by atoms with van der Waals surface area (Å²) in [6.45, 7) is 0. The van der Waals surface area contributed by atoms with Crippen LogP contribution in [0.3, 0.4) is 0 Å². The summed E-state index contributed by atoms with van der Waals surface area (Å²) in [5.41, 5.74) is 3.35. The van der Waals surface area contributed by atoms with E-state index in [0.717, 1.165) is 4.88 Å². The molecule has 0 spiro atoms. The lowest BCUT2D eigenvalue weighted by atomic mass is 10.1. The zero-order chi connectivity index (χ0) is 12.3. The second-order valence-electron chi connectivity index (χ2n) is 3.48. The summed E-state index contributed by atoms with van der Waals surface area (Å²) in [7, 11) is 0. The molecule has 2 rings (SSSR count). The summed E-state index contributed by atoms with van der Waals surface area (Å²) >= 11 is 7.24. The Kier molecular flexibility index (Phi) is 4.01. The lowest BCUT2D eigenvalue weighted by Gasteiger charge is -2.14. The van der Waals surface area contributed by atoms with Gasteiger partial charge in [0.15, 0.2) is 0 Å². The van der Waals surface area contributed by atoms with Gasteiger partial charge in [0.2, 0.25) is 0 Å². The van der Waals surface area contributed by atoms with E-state index in [1.807, 2.05) is 0 Å². The third-order valence-corrected chi connectivity index (χ3v) is 3.50. The number of benzene rings is 1. The van der Waals surface area contributed by atoms with Crippen LogP contribution in [0.15, 0.2) is 24.4 Å². The van der Waals surface area contributed by atoms with Crippen LogP contribution in [-0.2, 0) is 6.42 Å². The van der Waals surface area contributed by atoms with Crippen molar-refractivity contribution in [1.82, 2.24) is 15.0 Å². The van der Waals surface area contributed by atoms with E-state index in [4.69, 9.17) is 17.4 Å². The van der Waals surface area contributed by atoms with Crippen molar-refractivity contribution in [3.05, 3.63) is 45.7 Å². The van der Waals surface area contributed by atoms with Crippen LogP contribution < -0.4 is 11.3 Å². The highest BCUT2D eigenvalue weighted by Crippen LogP contribution is 2.24. The Hall–Kier alpha value is -1.08. The summed E-state index contributed by atoms with van der Waals surface area (Å²) < 4.78 is 16.9. The van der Waals surface area contributed by atoms with Crippen molar-refractivity contribution in [2.24, 2.45) is 5.84 Å². The van der Waals surface area contributed by atoms with Gasteiger partial charge in [-0.05, 0) is 41.7 Å². The van der Waals surface area contributed by atoms with E-state index in [0.29, 0.717) is 17.0 Å². The third-order valence-electron chi connectivity index (χ3n) is 2.35. The molecule has 1 aromatic carbocycles. The maximum Gasteiger partial charge on any atom is 0.123 e. The standard InChI is InChI=1S/C10H10ClFN4S/c11-8-2-1-7(12)3-6(8)4-9(15-13)10-5-14-16-17-10/h1-3,5,9,15H,4,13H2. The van der Waals surface area contributed by atoms with Gasteiger partial charge in [-0.25, -0.2) is 4.39 Å². The van der Waals surface area contributed by atoms with Gasteiger partial charge < -0.3 is 0 Å². The highest BCUT2D eigenvalue weighted by molar-refractivity contribution is 7.05. The Morgan fingerprint density at radius 1 is 1.53 bits per heavy atom. The summed E-state index contributed by atoms with van der Waals surface area (Å²) in [5.74, 6) is 5.15. The van der Waals surface area contributed by atoms with E-state index >= 15 is 0 Å². The van der Waals surface area contributed by atoms with Gasteiger partial charge >= 0.3 is 0 Å². The number of rotatable bonds is 4. The van der Waals surface area contributed by atoms with E-state index in [9.17, 15) is 4.39 Å². The van der Waals surface area contributed by atoms with E-state index < -0.39 is 0 Å². The molecule has 1 unspecified atom stereocenters. The van der Waals surface area contributed by atoms with Crippen LogP contribution >= 0.6 is 23.1 Å². The zero-order valence-corrected chi connectivity index (χ0v) is 10.3. The topological polar surface area (TPSA) is 63.8 Å². The summed E-state index contributed by atoms with van der Waals surface area (Å²) in [5, 5.41) is 4.26. The molecule has 1 heterocycles. The molecule has 2 aromatic rings. The molecule has 0 radical (unpaired) electrons. The average molecular weight is 273 g/mol. The number of nitrogens with zero attached hydrogens (tertiary/aromatic N) is 2. The molecular weight excluding hydrogens is 263 g/mol. The van der Waals surface area contributed by atoms with Crippen molar-refractivity contribution in [1.29, 1.82) is 0 Å². The van der Waals surface area contributed by atoms with Gasteiger partial charge in [0, 0.05) is 5.02 Å². The van der Waals surface area contributed by atoms with Crippen LogP contribution in [0, 0.1) is 5.82 Å². The second-order valence-corrected chi connectivity index (χ2v) is 4.70. The number of hydrogen-bond acceptors (Lipinski definition) is 5. The minimum atomic E-state index is -0.317. The van der Waals surface area contributed by atoms with Gasteiger partial charge in [-0.3, -0.25) is 11.3 Å². The first kappa shape index (κ1) is 12.4. The molecule has 0 aliphatic rings. The van der Waals surface area contributed by atoms with Crippen LogP contribution in [0.5, 0.6) is 0 Å². The Morgan fingerprint density at radius 2 is 2.35 bits per heavy atom. The quantitative estimate of drug-likeness (QED) is 0.661. The van der Waals surface area contributed by atoms with Gasteiger partial charge in [0.25, 0.3) is 0 Å². The van der Waals surface area contributed by atoms with E-state index in [-0.39, 0.29) is 11.9 Å². The summed E-state index contributed by atoms with van der Waals surface area (Å²) in [4.78, 5) is 0.882. The minimum Gasteiger partial charge on any atom is -0.271 e. The van der Waals surface area contributed by atoms with E-state index in [2.05, 4.69) is 15.0 Å². The lowest BCUT2D eigenvalue weighted by Crippen LogP contribution is -2.29. The van der Waals surface area contributed by atoms with Crippen molar-refractivity contribution < 1.29 is 4.39 Å². The first-order valence-corrected chi connectivity index (χ1v) is 6.03. The SMILES string of the molecule is NNC(Cc1cc(F)ccc1Cl)c1cnns1. The fraction of sp³-hybridized carbons (Fsp3) is 0.200. The Balaban J connectivity index is 2.21. The van der Waals surface area contributed by atoms with Crippen LogP contribution in [0.25, 0.3) is 0 Å². The predicted octanol–water partition coefficient (Wildman–Crippen LogP) is 2.08. The van der Waals surface area contributed by atoms with Gasteiger partial charge in [0.05, 0.1) is 17.1 Å². The molecule has 4 nitrogen and oxygen atoms in total. The number of hydrogen-bond donors (Lipinski definition) is 2. The number of aromatic nitrogens is 2. The molecule has 3 N–H and O–H groups in total. The van der Waals surface area contributed by atoms with Gasteiger partial charge in [-0.1, -0.05) is 16.1 Å². The van der Waals surface area contributed by atoms with Crippen molar-refractivity contribution in [3.8, 4) is 0 Å². The number of nitrogens with two attached hydrogens (primary N) is 1. The first-order valence-electron chi connectivity index (χ1n) is 4.88. The molecular formula is C10H10ClFN4S. The number of nitrogens with one attached hydrogen (secondary N) is 1. The Morgan fingerprint density at radius 3 is 3.00 bits per heavy atom. The lowest BCUT2D eigenvalue weighted by molar-refractivity contribution is 0.556. The molecule has 7 heteroatoms. The molecule has 0 aliphatic carbocycles. The monoisotopic (exact) mass is 272 g/mol. The molecule has 0 amide bonds. The van der Waals surface area contributed by atoms with Crippen LogP contribution in [-0.4, -0.2) is 9.59 Å². The molecule has 17 heavy (non-hydrogen) atoms. The van der Waals surface area contributed by atoms with Gasteiger partial charge in [-0.2, -0.15) is 0 Å². The number of hydrazine groups is 1. The van der Waals surface area contributed by atoms with Gasteiger partial charge in [0.1, 0.15) is 5.82 Å². The average Bonchev–Trinajstić information content (AvgIpc) is 2.84. The van der Waals surface area contributed by atoms with E-state index in [1.54, 1.807) is 6.20 Å².